The van der Waals surface area contributed by atoms with Crippen LogP contribution < -0.4 is 10.1 Å². The van der Waals surface area contributed by atoms with Gasteiger partial charge >= 0.3 is 0 Å². The molecule has 1 saturated heterocycles. The summed E-state index contributed by atoms with van der Waals surface area (Å²) in [6, 6.07) is 4.97. The van der Waals surface area contributed by atoms with Crippen LogP contribution in [0.2, 0.25) is 0 Å². The molecule has 2 rings (SSSR count). The van der Waals surface area contributed by atoms with E-state index >= 15 is 0 Å². The van der Waals surface area contributed by atoms with Crippen LogP contribution in [0.5, 0.6) is 5.75 Å². The molecule has 0 radical (unpaired) electrons. The Balaban J connectivity index is 1.77. The number of sulfone groups is 1. The van der Waals surface area contributed by atoms with Gasteiger partial charge in [-0.25, -0.2) is 12.8 Å². The Morgan fingerprint density at radius 2 is 2.05 bits per heavy atom. The van der Waals surface area contributed by atoms with Gasteiger partial charge in [0.15, 0.2) is 16.4 Å². The molecular formula is C12H14FNO4S. The highest BCUT2D eigenvalue weighted by Gasteiger charge is 2.28. The molecule has 1 heterocycles. The van der Waals surface area contributed by atoms with Crippen molar-refractivity contribution in [3.8, 4) is 5.75 Å². The zero-order valence-electron chi connectivity index (χ0n) is 10.1. The Kier molecular flexibility index (Phi) is 4.04. The fraction of sp³-hybridized carbons (Fsp3) is 0.417. The van der Waals surface area contributed by atoms with E-state index in [4.69, 9.17) is 4.74 Å². The Labute approximate surface area is 110 Å². The summed E-state index contributed by atoms with van der Waals surface area (Å²) < 4.78 is 40.2. The molecule has 1 amide bonds. The van der Waals surface area contributed by atoms with E-state index in [2.05, 4.69) is 5.32 Å². The van der Waals surface area contributed by atoms with E-state index in [-0.39, 0.29) is 35.9 Å². The second-order valence-electron chi connectivity index (χ2n) is 4.41. The molecule has 1 N–H and O–H groups in total. The lowest BCUT2D eigenvalue weighted by Gasteiger charge is -2.11. The van der Waals surface area contributed by atoms with Gasteiger partial charge in [-0.15, -0.1) is 0 Å². The number of hydrogen-bond acceptors (Lipinski definition) is 4. The zero-order chi connectivity index (χ0) is 13.9. The van der Waals surface area contributed by atoms with Gasteiger partial charge in [-0.05, 0) is 30.7 Å². The van der Waals surface area contributed by atoms with Crippen LogP contribution in [-0.2, 0) is 14.6 Å². The molecule has 1 fully saturated rings. The van der Waals surface area contributed by atoms with Gasteiger partial charge in [0.2, 0.25) is 0 Å². The topological polar surface area (TPSA) is 72.5 Å². The summed E-state index contributed by atoms with van der Waals surface area (Å²) in [7, 11) is -3.01. The van der Waals surface area contributed by atoms with Crippen molar-refractivity contribution in [3.05, 3.63) is 30.1 Å². The molecule has 19 heavy (non-hydrogen) atoms. The van der Waals surface area contributed by atoms with Crippen LogP contribution in [0.3, 0.4) is 0 Å². The maximum Gasteiger partial charge on any atom is 0.258 e. The summed E-state index contributed by atoms with van der Waals surface area (Å²) in [5.74, 6) is -0.290. The molecule has 0 aromatic heterocycles. The second-order valence-corrected chi connectivity index (χ2v) is 6.64. The number of rotatable bonds is 4. The maximum absolute atomic E-state index is 12.6. The fourth-order valence-electron chi connectivity index (χ4n) is 1.86. The van der Waals surface area contributed by atoms with Crippen LogP contribution in [0.1, 0.15) is 6.42 Å². The van der Waals surface area contributed by atoms with Crippen molar-refractivity contribution in [2.75, 3.05) is 18.1 Å². The van der Waals surface area contributed by atoms with Crippen molar-refractivity contribution in [2.24, 2.45) is 0 Å². The molecule has 1 aliphatic heterocycles. The molecular weight excluding hydrogens is 273 g/mol. The SMILES string of the molecule is O=C(COc1ccc(F)cc1)N[C@H]1CCS(=O)(=O)C1. The Morgan fingerprint density at radius 3 is 2.63 bits per heavy atom. The molecule has 1 aliphatic rings. The average Bonchev–Trinajstić information content (AvgIpc) is 2.68. The molecule has 0 bridgehead atoms. The van der Waals surface area contributed by atoms with E-state index in [0.717, 1.165) is 0 Å². The van der Waals surface area contributed by atoms with E-state index in [9.17, 15) is 17.6 Å². The van der Waals surface area contributed by atoms with Gasteiger partial charge in [-0.1, -0.05) is 0 Å². The van der Waals surface area contributed by atoms with Gasteiger partial charge in [-0.3, -0.25) is 4.79 Å². The molecule has 1 aromatic rings. The van der Waals surface area contributed by atoms with Crippen LogP contribution in [0, 0.1) is 5.82 Å². The highest BCUT2D eigenvalue weighted by Crippen LogP contribution is 2.12. The highest BCUT2D eigenvalue weighted by atomic mass is 32.2. The van der Waals surface area contributed by atoms with Crippen molar-refractivity contribution in [1.29, 1.82) is 0 Å². The van der Waals surface area contributed by atoms with Gasteiger partial charge in [0, 0.05) is 6.04 Å². The average molecular weight is 287 g/mol. The van der Waals surface area contributed by atoms with Crippen LogP contribution in [0.15, 0.2) is 24.3 Å². The lowest BCUT2D eigenvalue weighted by Crippen LogP contribution is -2.38. The van der Waals surface area contributed by atoms with Gasteiger partial charge in [0.05, 0.1) is 11.5 Å². The third-order valence-corrected chi connectivity index (χ3v) is 4.55. The van der Waals surface area contributed by atoms with Crippen molar-refractivity contribution in [3.63, 3.8) is 0 Å². The minimum absolute atomic E-state index is 0.0186. The molecule has 7 heteroatoms. The van der Waals surface area contributed by atoms with Crippen molar-refractivity contribution < 1.29 is 22.3 Å². The Bertz CT molecular complexity index is 556. The van der Waals surface area contributed by atoms with Crippen molar-refractivity contribution in [2.45, 2.75) is 12.5 Å². The van der Waals surface area contributed by atoms with E-state index in [1.807, 2.05) is 0 Å². The number of carbonyl (C=O) groups excluding carboxylic acids is 1. The van der Waals surface area contributed by atoms with Crippen molar-refractivity contribution >= 4 is 15.7 Å². The third kappa shape index (κ3) is 4.20. The van der Waals surface area contributed by atoms with Crippen LogP contribution in [-0.4, -0.2) is 38.5 Å². The highest BCUT2D eigenvalue weighted by molar-refractivity contribution is 7.91. The zero-order valence-corrected chi connectivity index (χ0v) is 11.0. The summed E-state index contributed by atoms with van der Waals surface area (Å²) in [5, 5.41) is 2.60. The quantitative estimate of drug-likeness (QED) is 0.875. The lowest BCUT2D eigenvalue weighted by molar-refractivity contribution is -0.123. The summed E-state index contributed by atoms with van der Waals surface area (Å²) >= 11 is 0. The van der Waals surface area contributed by atoms with Gasteiger partial charge in [0.25, 0.3) is 5.91 Å². The predicted octanol–water partition coefficient (Wildman–Crippen LogP) is 0.508. The number of amides is 1. The maximum atomic E-state index is 12.6. The van der Waals surface area contributed by atoms with E-state index in [1.165, 1.54) is 24.3 Å². The van der Waals surface area contributed by atoms with Crippen molar-refractivity contribution in [1.82, 2.24) is 5.32 Å². The van der Waals surface area contributed by atoms with E-state index in [0.29, 0.717) is 12.2 Å². The normalized spacial score (nSPS) is 21.0. The fourth-order valence-corrected chi connectivity index (χ4v) is 3.53. The van der Waals surface area contributed by atoms with E-state index < -0.39 is 9.84 Å². The number of hydrogen-bond donors (Lipinski definition) is 1. The molecule has 0 unspecified atom stereocenters. The molecule has 0 aliphatic carbocycles. The Morgan fingerprint density at radius 1 is 1.37 bits per heavy atom. The first kappa shape index (κ1) is 13.8. The molecule has 1 aromatic carbocycles. The first-order valence-corrected chi connectivity index (χ1v) is 7.65. The summed E-state index contributed by atoms with van der Waals surface area (Å²) in [4.78, 5) is 11.5. The van der Waals surface area contributed by atoms with Crippen LogP contribution in [0.4, 0.5) is 4.39 Å². The predicted molar refractivity (Wildman–Crippen MR) is 67.1 cm³/mol. The smallest absolute Gasteiger partial charge is 0.258 e. The molecule has 0 saturated carbocycles. The largest absolute Gasteiger partial charge is 0.484 e. The molecule has 1 atom stereocenters. The van der Waals surface area contributed by atoms with Gasteiger partial charge in [0.1, 0.15) is 11.6 Å². The molecule has 5 nitrogen and oxygen atoms in total. The molecule has 0 spiro atoms. The second kappa shape index (κ2) is 5.56. The number of carbonyl (C=O) groups is 1. The number of nitrogens with one attached hydrogen (secondary N) is 1. The lowest BCUT2D eigenvalue weighted by atomic mass is 10.2. The first-order chi connectivity index (χ1) is 8.94. The minimum atomic E-state index is -3.01. The van der Waals surface area contributed by atoms with Gasteiger partial charge in [-0.2, -0.15) is 0 Å². The summed E-state index contributed by atoms with van der Waals surface area (Å²) in [6.07, 6.45) is 0.435. The third-order valence-electron chi connectivity index (χ3n) is 2.78. The minimum Gasteiger partial charge on any atom is -0.484 e. The summed E-state index contributed by atoms with van der Waals surface area (Å²) in [5.41, 5.74) is 0. The van der Waals surface area contributed by atoms with Crippen LogP contribution in [0.25, 0.3) is 0 Å². The number of benzene rings is 1. The summed E-state index contributed by atoms with van der Waals surface area (Å²) in [6.45, 7) is -0.220. The molecule has 104 valence electrons. The van der Waals surface area contributed by atoms with E-state index in [1.54, 1.807) is 0 Å². The van der Waals surface area contributed by atoms with Crippen LogP contribution >= 0.6 is 0 Å². The monoisotopic (exact) mass is 287 g/mol. The van der Waals surface area contributed by atoms with Gasteiger partial charge < -0.3 is 10.1 Å². The number of halogens is 1. The Hall–Kier alpha value is -1.63. The number of ether oxygens (including phenoxy) is 1. The standard InChI is InChI=1S/C12H14FNO4S/c13-9-1-3-11(4-2-9)18-7-12(15)14-10-5-6-19(16,17)8-10/h1-4,10H,5-8H2,(H,14,15)/t10-/m0/s1. The first-order valence-electron chi connectivity index (χ1n) is 5.83.